The van der Waals surface area contributed by atoms with Gasteiger partial charge in [0.1, 0.15) is 5.82 Å². The summed E-state index contributed by atoms with van der Waals surface area (Å²) in [7, 11) is 2.14. The normalized spacial score (nSPS) is 16.4. The van der Waals surface area contributed by atoms with Crippen LogP contribution in [0.4, 0.5) is 4.39 Å². The monoisotopic (exact) mass is 312 g/mol. The van der Waals surface area contributed by atoms with E-state index in [4.69, 9.17) is 0 Å². The molecule has 0 amide bonds. The van der Waals surface area contributed by atoms with Crippen LogP contribution in [0.2, 0.25) is 0 Å². The zero-order valence-corrected chi connectivity index (χ0v) is 13.3. The molecule has 2 aromatic rings. The number of benzene rings is 2. The third-order valence-corrected chi connectivity index (χ3v) is 4.34. The van der Waals surface area contributed by atoms with Gasteiger partial charge < -0.3 is 4.90 Å². The molecule has 2 aromatic carbocycles. The summed E-state index contributed by atoms with van der Waals surface area (Å²) in [5.74, 6) is -0.742. The second-order valence-corrected chi connectivity index (χ2v) is 6.09. The maximum absolute atomic E-state index is 13.7. The van der Waals surface area contributed by atoms with E-state index in [0.717, 1.165) is 32.7 Å². The summed E-state index contributed by atoms with van der Waals surface area (Å²) in [6.45, 7) is 5.19. The van der Waals surface area contributed by atoms with Crippen LogP contribution in [0, 0.1) is 5.82 Å². The van der Waals surface area contributed by atoms with E-state index in [-0.39, 0.29) is 11.3 Å². The highest BCUT2D eigenvalue weighted by Crippen LogP contribution is 2.15. The van der Waals surface area contributed by atoms with Gasteiger partial charge in [0, 0.05) is 38.3 Å². The Kier molecular flexibility index (Phi) is 4.84. The standard InChI is InChI=1S/C19H21FN2O/c1-21-10-12-22(13-11-21)14-15-6-8-16(9-7-15)19(23)17-4-2-3-5-18(17)20/h2-9H,10-14H2,1H3. The van der Waals surface area contributed by atoms with Crippen molar-refractivity contribution in [3.63, 3.8) is 0 Å². The number of ketones is 1. The molecule has 0 aliphatic carbocycles. The van der Waals surface area contributed by atoms with Crippen molar-refractivity contribution in [2.75, 3.05) is 33.2 Å². The van der Waals surface area contributed by atoms with Crippen LogP contribution < -0.4 is 0 Å². The van der Waals surface area contributed by atoms with Gasteiger partial charge in [0.2, 0.25) is 0 Å². The van der Waals surface area contributed by atoms with Gasteiger partial charge in [-0.25, -0.2) is 4.39 Å². The lowest BCUT2D eigenvalue weighted by Gasteiger charge is -2.32. The molecular formula is C19H21FN2O. The quantitative estimate of drug-likeness (QED) is 0.811. The first kappa shape index (κ1) is 15.8. The summed E-state index contributed by atoms with van der Waals surface area (Å²) in [4.78, 5) is 17.1. The first-order valence-electron chi connectivity index (χ1n) is 7.92. The van der Waals surface area contributed by atoms with Crippen molar-refractivity contribution in [1.29, 1.82) is 0 Å². The first-order valence-corrected chi connectivity index (χ1v) is 7.92. The molecule has 120 valence electrons. The van der Waals surface area contributed by atoms with Crippen LogP contribution in [0.15, 0.2) is 48.5 Å². The Morgan fingerprint density at radius 1 is 1.00 bits per heavy atom. The van der Waals surface area contributed by atoms with E-state index in [1.807, 2.05) is 12.1 Å². The molecule has 0 bridgehead atoms. The number of likely N-dealkylation sites (N-methyl/N-ethyl adjacent to an activating group) is 1. The largest absolute Gasteiger partial charge is 0.304 e. The molecule has 0 atom stereocenters. The molecule has 0 spiro atoms. The smallest absolute Gasteiger partial charge is 0.195 e. The number of hydrogen-bond acceptors (Lipinski definition) is 3. The fourth-order valence-corrected chi connectivity index (χ4v) is 2.83. The van der Waals surface area contributed by atoms with Gasteiger partial charge in [-0.15, -0.1) is 0 Å². The van der Waals surface area contributed by atoms with Crippen molar-refractivity contribution < 1.29 is 9.18 Å². The number of carbonyl (C=O) groups excluding carboxylic acids is 1. The summed E-state index contributed by atoms with van der Waals surface area (Å²) >= 11 is 0. The maximum Gasteiger partial charge on any atom is 0.195 e. The molecule has 1 saturated heterocycles. The van der Waals surface area contributed by atoms with Crippen molar-refractivity contribution in [3.8, 4) is 0 Å². The number of rotatable bonds is 4. The number of piperazine rings is 1. The van der Waals surface area contributed by atoms with Crippen LogP contribution in [-0.4, -0.2) is 48.8 Å². The third-order valence-electron chi connectivity index (χ3n) is 4.34. The SMILES string of the molecule is CN1CCN(Cc2ccc(C(=O)c3ccccc3F)cc2)CC1. The van der Waals surface area contributed by atoms with Gasteiger partial charge in [-0.3, -0.25) is 9.69 Å². The molecule has 0 aromatic heterocycles. The van der Waals surface area contributed by atoms with Crippen LogP contribution >= 0.6 is 0 Å². The Morgan fingerprint density at radius 2 is 1.65 bits per heavy atom. The Hall–Kier alpha value is -2.04. The molecule has 3 rings (SSSR count). The van der Waals surface area contributed by atoms with Crippen molar-refractivity contribution in [2.24, 2.45) is 0 Å². The third kappa shape index (κ3) is 3.84. The maximum atomic E-state index is 13.7. The molecule has 1 aliphatic rings. The highest BCUT2D eigenvalue weighted by Gasteiger charge is 2.15. The van der Waals surface area contributed by atoms with Gasteiger partial charge in [-0.05, 0) is 24.7 Å². The van der Waals surface area contributed by atoms with Gasteiger partial charge in [0.25, 0.3) is 0 Å². The van der Waals surface area contributed by atoms with Crippen molar-refractivity contribution >= 4 is 5.78 Å². The molecule has 0 radical (unpaired) electrons. The van der Waals surface area contributed by atoms with Gasteiger partial charge in [-0.2, -0.15) is 0 Å². The average Bonchev–Trinajstić information content (AvgIpc) is 2.57. The van der Waals surface area contributed by atoms with E-state index in [1.54, 1.807) is 24.3 Å². The van der Waals surface area contributed by atoms with Crippen molar-refractivity contribution in [2.45, 2.75) is 6.54 Å². The zero-order chi connectivity index (χ0) is 16.2. The molecule has 1 heterocycles. The lowest BCUT2D eigenvalue weighted by molar-refractivity contribution is 0.103. The molecule has 23 heavy (non-hydrogen) atoms. The number of hydrogen-bond donors (Lipinski definition) is 0. The number of halogens is 1. The molecule has 0 unspecified atom stereocenters. The average molecular weight is 312 g/mol. The Labute approximate surface area is 136 Å². The first-order chi connectivity index (χ1) is 11.1. The lowest BCUT2D eigenvalue weighted by Crippen LogP contribution is -2.43. The highest BCUT2D eigenvalue weighted by molar-refractivity contribution is 6.09. The summed E-state index contributed by atoms with van der Waals surface area (Å²) in [5, 5.41) is 0. The molecule has 0 saturated carbocycles. The minimum atomic E-state index is -0.473. The van der Waals surface area contributed by atoms with Gasteiger partial charge in [0.15, 0.2) is 5.78 Å². The summed E-state index contributed by atoms with van der Waals surface area (Å²) in [5.41, 5.74) is 1.83. The number of nitrogens with zero attached hydrogens (tertiary/aromatic N) is 2. The van der Waals surface area contributed by atoms with E-state index < -0.39 is 5.82 Å². The van der Waals surface area contributed by atoms with Crippen LogP contribution in [-0.2, 0) is 6.54 Å². The molecule has 1 aliphatic heterocycles. The fourth-order valence-electron chi connectivity index (χ4n) is 2.83. The Morgan fingerprint density at radius 3 is 2.30 bits per heavy atom. The molecule has 4 heteroatoms. The molecule has 0 N–H and O–H groups in total. The van der Waals surface area contributed by atoms with Crippen LogP contribution in [0.3, 0.4) is 0 Å². The van der Waals surface area contributed by atoms with E-state index in [2.05, 4.69) is 16.8 Å². The zero-order valence-electron chi connectivity index (χ0n) is 13.3. The van der Waals surface area contributed by atoms with Crippen LogP contribution in [0.5, 0.6) is 0 Å². The van der Waals surface area contributed by atoms with Gasteiger partial charge >= 0.3 is 0 Å². The van der Waals surface area contributed by atoms with E-state index in [9.17, 15) is 9.18 Å². The van der Waals surface area contributed by atoms with E-state index >= 15 is 0 Å². The Balaban J connectivity index is 1.67. The van der Waals surface area contributed by atoms with Gasteiger partial charge in [-0.1, -0.05) is 36.4 Å². The summed E-state index contributed by atoms with van der Waals surface area (Å²) in [6.07, 6.45) is 0. The minimum Gasteiger partial charge on any atom is -0.304 e. The van der Waals surface area contributed by atoms with Crippen LogP contribution in [0.25, 0.3) is 0 Å². The van der Waals surface area contributed by atoms with E-state index in [0.29, 0.717) is 5.56 Å². The van der Waals surface area contributed by atoms with Crippen LogP contribution in [0.1, 0.15) is 21.5 Å². The lowest BCUT2D eigenvalue weighted by atomic mass is 10.0. The molecule has 1 fully saturated rings. The predicted molar refractivity (Wildman–Crippen MR) is 89.0 cm³/mol. The fraction of sp³-hybridized carbons (Fsp3) is 0.316. The highest BCUT2D eigenvalue weighted by atomic mass is 19.1. The second kappa shape index (κ2) is 7.02. The Bertz CT molecular complexity index is 676. The minimum absolute atomic E-state index is 0.124. The molecule has 3 nitrogen and oxygen atoms in total. The summed E-state index contributed by atoms with van der Waals surface area (Å²) in [6, 6.07) is 13.6. The van der Waals surface area contributed by atoms with E-state index in [1.165, 1.54) is 17.7 Å². The summed E-state index contributed by atoms with van der Waals surface area (Å²) < 4.78 is 13.7. The number of carbonyl (C=O) groups is 1. The second-order valence-electron chi connectivity index (χ2n) is 6.09. The topological polar surface area (TPSA) is 23.6 Å². The van der Waals surface area contributed by atoms with Crippen molar-refractivity contribution in [1.82, 2.24) is 9.80 Å². The van der Waals surface area contributed by atoms with Crippen molar-refractivity contribution in [3.05, 3.63) is 71.0 Å². The van der Waals surface area contributed by atoms with Gasteiger partial charge in [0.05, 0.1) is 5.56 Å². The predicted octanol–water partition coefficient (Wildman–Crippen LogP) is 2.80. The molecular weight excluding hydrogens is 291 g/mol.